The van der Waals surface area contributed by atoms with Crippen LogP contribution in [-0.2, 0) is 20.0 Å². The van der Waals surface area contributed by atoms with Gasteiger partial charge in [-0.15, -0.1) is 24.8 Å². The molecule has 1 atom stereocenters. The Morgan fingerprint density at radius 1 is 1.38 bits per heavy atom. The highest BCUT2D eigenvalue weighted by Gasteiger charge is 2.21. The number of likely N-dealkylation sites (N-methyl/N-ethyl adjacent to an activating group) is 1. The average Bonchev–Trinajstić information content (AvgIpc) is 3.08. The third kappa shape index (κ3) is 6.32. The topological polar surface area (TPSA) is 72.2 Å². The van der Waals surface area contributed by atoms with Crippen molar-refractivity contribution in [2.75, 3.05) is 26.7 Å². The van der Waals surface area contributed by atoms with Gasteiger partial charge in [-0.05, 0) is 62.4 Å². The van der Waals surface area contributed by atoms with Gasteiger partial charge in [-0.1, -0.05) is 0 Å². The number of pyridine rings is 1. The maximum atomic E-state index is 13.0. The lowest BCUT2D eigenvalue weighted by Gasteiger charge is -2.24. The van der Waals surface area contributed by atoms with Gasteiger partial charge in [0.1, 0.15) is 5.56 Å². The summed E-state index contributed by atoms with van der Waals surface area (Å²) in [5.74, 6) is 0.225. The molecule has 2 aromatic rings. The summed E-state index contributed by atoms with van der Waals surface area (Å²) < 4.78 is 3.45. The Hall–Kier alpha value is -1.83. The molecule has 1 unspecified atom stereocenters. The molecule has 7 nitrogen and oxygen atoms in total. The lowest BCUT2D eigenvalue weighted by atomic mass is 9.99. The van der Waals surface area contributed by atoms with Crippen molar-refractivity contribution in [3.63, 3.8) is 0 Å². The molecule has 1 aliphatic heterocycles. The van der Waals surface area contributed by atoms with E-state index in [-0.39, 0.29) is 41.8 Å². The predicted molar refractivity (Wildman–Crippen MR) is 119 cm³/mol. The third-order valence-corrected chi connectivity index (χ3v) is 5.28. The van der Waals surface area contributed by atoms with Crippen molar-refractivity contribution in [1.29, 1.82) is 0 Å². The van der Waals surface area contributed by atoms with Gasteiger partial charge >= 0.3 is 0 Å². The molecule has 162 valence electrons. The van der Waals surface area contributed by atoms with E-state index in [1.165, 1.54) is 0 Å². The quantitative estimate of drug-likeness (QED) is 0.741. The molecule has 0 aromatic carbocycles. The van der Waals surface area contributed by atoms with Crippen molar-refractivity contribution in [1.82, 2.24) is 24.6 Å². The van der Waals surface area contributed by atoms with Gasteiger partial charge in [0.25, 0.3) is 11.5 Å². The second kappa shape index (κ2) is 11.4. The predicted octanol–water partition coefficient (Wildman–Crippen LogP) is 2.05. The molecule has 0 radical (unpaired) electrons. The molecule has 1 saturated heterocycles. The highest BCUT2D eigenvalue weighted by Crippen LogP contribution is 2.13. The maximum absolute atomic E-state index is 13.0. The fourth-order valence-electron chi connectivity index (χ4n) is 3.62. The number of hydrogen-bond acceptors (Lipinski definition) is 4. The second-order valence-corrected chi connectivity index (χ2v) is 7.54. The van der Waals surface area contributed by atoms with E-state index in [9.17, 15) is 9.59 Å². The molecule has 2 aromatic heterocycles. The normalized spacial score (nSPS) is 15.9. The summed E-state index contributed by atoms with van der Waals surface area (Å²) in [7, 11) is 3.62. The van der Waals surface area contributed by atoms with Crippen molar-refractivity contribution in [2.24, 2.45) is 13.0 Å². The number of hydrogen-bond donors (Lipinski definition) is 1. The monoisotopic (exact) mass is 443 g/mol. The number of aromatic nitrogens is 3. The Bertz CT molecular complexity index is 859. The summed E-state index contributed by atoms with van der Waals surface area (Å²) in [5, 5.41) is 7.53. The molecule has 0 saturated carbocycles. The minimum Gasteiger partial charge on any atom is -0.341 e. The van der Waals surface area contributed by atoms with Crippen LogP contribution in [0.5, 0.6) is 0 Å². The van der Waals surface area contributed by atoms with Crippen molar-refractivity contribution < 1.29 is 4.79 Å². The van der Waals surface area contributed by atoms with E-state index < -0.39 is 0 Å². The Labute approximate surface area is 184 Å². The molecule has 1 amide bonds. The molecule has 0 aliphatic carbocycles. The van der Waals surface area contributed by atoms with Crippen LogP contribution >= 0.6 is 24.8 Å². The molecule has 9 heteroatoms. The standard InChI is InChI=1S/C20H29N5O2.2ClH/c1-15-6-10-25(14-16-5-4-8-21-11-16)20(27)18(15)19(26)23(2)9-7-17-12-22-24(3)13-17;;/h6,10,12-13,16,21H,4-5,7-9,11,14H2,1-3H3;2*1H. The molecule has 1 aliphatic rings. The number of amides is 1. The van der Waals surface area contributed by atoms with E-state index in [4.69, 9.17) is 0 Å². The summed E-state index contributed by atoms with van der Waals surface area (Å²) in [5.41, 5.74) is 1.91. The largest absolute Gasteiger partial charge is 0.341 e. The van der Waals surface area contributed by atoms with Gasteiger partial charge < -0.3 is 14.8 Å². The molecule has 0 spiro atoms. The molecule has 3 rings (SSSR count). The van der Waals surface area contributed by atoms with Crippen molar-refractivity contribution in [2.45, 2.75) is 32.7 Å². The Morgan fingerprint density at radius 2 is 2.14 bits per heavy atom. The fourth-order valence-corrected chi connectivity index (χ4v) is 3.62. The number of carbonyl (C=O) groups excluding carboxylic acids is 1. The van der Waals surface area contributed by atoms with Gasteiger partial charge in [-0.2, -0.15) is 5.10 Å². The summed E-state index contributed by atoms with van der Waals surface area (Å²) in [6.07, 6.45) is 8.52. The van der Waals surface area contributed by atoms with Crippen molar-refractivity contribution in [3.8, 4) is 0 Å². The maximum Gasteiger partial charge on any atom is 0.263 e. The van der Waals surface area contributed by atoms with Gasteiger partial charge in [0.2, 0.25) is 0 Å². The lowest BCUT2D eigenvalue weighted by molar-refractivity contribution is 0.0793. The minimum atomic E-state index is -0.211. The first kappa shape index (κ1) is 25.2. The molecular formula is C20H31Cl2N5O2. The first-order valence-electron chi connectivity index (χ1n) is 9.59. The van der Waals surface area contributed by atoms with E-state index in [0.29, 0.717) is 25.4 Å². The van der Waals surface area contributed by atoms with E-state index >= 15 is 0 Å². The lowest BCUT2D eigenvalue weighted by Crippen LogP contribution is -2.39. The zero-order valence-corrected chi connectivity index (χ0v) is 18.9. The number of piperidine rings is 1. The Morgan fingerprint density at radius 3 is 2.76 bits per heavy atom. The summed E-state index contributed by atoms with van der Waals surface area (Å²) in [6, 6.07) is 1.87. The Kier molecular flexibility index (Phi) is 9.89. The Balaban J connectivity index is 0.00000210. The van der Waals surface area contributed by atoms with Crippen LogP contribution in [0.3, 0.4) is 0 Å². The van der Waals surface area contributed by atoms with Crippen LogP contribution < -0.4 is 10.9 Å². The van der Waals surface area contributed by atoms with Gasteiger partial charge in [0.15, 0.2) is 0 Å². The molecular weight excluding hydrogens is 413 g/mol. The number of nitrogens with one attached hydrogen (secondary N) is 1. The number of halogens is 2. The van der Waals surface area contributed by atoms with Gasteiger partial charge in [-0.3, -0.25) is 14.3 Å². The van der Waals surface area contributed by atoms with Crippen LogP contribution in [-0.4, -0.2) is 51.8 Å². The number of nitrogens with zero attached hydrogens (tertiary/aromatic N) is 4. The summed E-state index contributed by atoms with van der Waals surface area (Å²) in [4.78, 5) is 27.5. The van der Waals surface area contributed by atoms with Gasteiger partial charge in [0.05, 0.1) is 6.20 Å². The number of rotatable bonds is 6. The smallest absolute Gasteiger partial charge is 0.263 e. The van der Waals surface area contributed by atoms with Gasteiger partial charge in [-0.25, -0.2) is 0 Å². The molecule has 29 heavy (non-hydrogen) atoms. The van der Waals surface area contributed by atoms with Crippen LogP contribution in [0.2, 0.25) is 0 Å². The van der Waals surface area contributed by atoms with Crippen LogP contribution in [0.15, 0.2) is 29.5 Å². The number of aryl methyl sites for hydroxylation is 2. The van der Waals surface area contributed by atoms with Crippen LogP contribution in [0.25, 0.3) is 0 Å². The highest BCUT2D eigenvalue weighted by molar-refractivity contribution is 5.95. The average molecular weight is 444 g/mol. The fraction of sp³-hybridized carbons (Fsp3) is 0.550. The van der Waals surface area contributed by atoms with E-state index in [2.05, 4.69) is 10.4 Å². The zero-order chi connectivity index (χ0) is 19.4. The van der Waals surface area contributed by atoms with Crippen LogP contribution in [0, 0.1) is 12.8 Å². The highest BCUT2D eigenvalue weighted by atomic mass is 35.5. The minimum absolute atomic E-state index is 0. The first-order valence-corrected chi connectivity index (χ1v) is 9.59. The second-order valence-electron chi connectivity index (χ2n) is 7.54. The van der Waals surface area contributed by atoms with E-state index in [1.807, 2.05) is 32.4 Å². The molecule has 1 N–H and O–H groups in total. The number of carbonyl (C=O) groups is 1. The summed E-state index contributed by atoms with van der Waals surface area (Å²) in [6.45, 7) is 5.01. The third-order valence-electron chi connectivity index (χ3n) is 5.28. The zero-order valence-electron chi connectivity index (χ0n) is 17.3. The van der Waals surface area contributed by atoms with Crippen molar-refractivity contribution >= 4 is 30.7 Å². The SMILES string of the molecule is Cc1ccn(CC2CCCNC2)c(=O)c1C(=O)N(C)CCc1cnn(C)c1.Cl.Cl. The molecule has 1 fully saturated rings. The van der Waals surface area contributed by atoms with E-state index in [0.717, 1.165) is 37.1 Å². The molecule has 0 bridgehead atoms. The van der Waals surface area contributed by atoms with Gasteiger partial charge in [0, 0.05) is 39.6 Å². The van der Waals surface area contributed by atoms with E-state index in [1.54, 1.807) is 27.4 Å². The summed E-state index contributed by atoms with van der Waals surface area (Å²) >= 11 is 0. The van der Waals surface area contributed by atoms with Crippen LogP contribution in [0.4, 0.5) is 0 Å². The van der Waals surface area contributed by atoms with Crippen LogP contribution in [0.1, 0.15) is 34.3 Å². The molecule has 3 heterocycles. The first-order chi connectivity index (χ1) is 13.0. The van der Waals surface area contributed by atoms with Crippen molar-refractivity contribution in [3.05, 3.63) is 51.7 Å².